The molecule has 0 aliphatic rings. The van der Waals surface area contributed by atoms with Gasteiger partial charge in [0.1, 0.15) is 12.8 Å². The maximum absolute atomic E-state index is 13.1. The van der Waals surface area contributed by atoms with Gasteiger partial charge in [-0.3, -0.25) is 9.78 Å². The number of rotatable bonds is 9. The van der Waals surface area contributed by atoms with Crippen molar-refractivity contribution in [2.24, 2.45) is 0 Å². The number of aliphatic hydroxyl groups excluding tert-OH is 1. The number of benzene rings is 1. The highest BCUT2D eigenvalue weighted by molar-refractivity contribution is 7.88. The van der Waals surface area contributed by atoms with E-state index in [-0.39, 0.29) is 5.56 Å². The maximum Gasteiger partial charge on any atom is 0.315 e. The topological polar surface area (TPSA) is 108 Å². The summed E-state index contributed by atoms with van der Waals surface area (Å²) in [7, 11) is -3.38. The fourth-order valence-corrected chi connectivity index (χ4v) is 3.53. The number of carbonyl (C=O) groups is 1. The first-order chi connectivity index (χ1) is 14.0. The van der Waals surface area contributed by atoms with Crippen molar-refractivity contribution in [1.29, 1.82) is 0 Å². The first-order valence-corrected chi connectivity index (χ1v) is 10.8. The number of nitrogens with one attached hydrogen (secondary N) is 2. The molecule has 7 nitrogen and oxygen atoms in total. The van der Waals surface area contributed by atoms with Gasteiger partial charge < -0.3 is 10.4 Å². The van der Waals surface area contributed by atoms with Gasteiger partial charge in [-0.15, -0.1) is 0 Å². The number of halogens is 3. The lowest BCUT2D eigenvalue weighted by Crippen LogP contribution is -2.43. The molecule has 0 unspecified atom stereocenters. The molecule has 164 valence electrons. The zero-order chi connectivity index (χ0) is 22.5. The second-order valence-corrected chi connectivity index (χ2v) is 8.50. The molecule has 3 N–H and O–H groups in total. The van der Waals surface area contributed by atoms with E-state index in [9.17, 15) is 31.5 Å². The third kappa shape index (κ3) is 6.51. The van der Waals surface area contributed by atoms with Crippen LogP contribution in [0.1, 0.15) is 30.3 Å². The van der Waals surface area contributed by atoms with Crippen molar-refractivity contribution in [1.82, 2.24) is 15.0 Å². The summed E-state index contributed by atoms with van der Waals surface area (Å²) in [5.74, 6) is -1.65. The van der Waals surface area contributed by atoms with E-state index in [1.54, 1.807) is 42.7 Å². The molecule has 2 aromatic rings. The molecule has 0 aliphatic heterocycles. The van der Waals surface area contributed by atoms with Gasteiger partial charge >= 0.3 is 6.43 Å². The van der Waals surface area contributed by atoms with Crippen molar-refractivity contribution in [3.05, 3.63) is 53.9 Å². The Morgan fingerprint density at radius 2 is 1.73 bits per heavy atom. The van der Waals surface area contributed by atoms with E-state index in [4.69, 9.17) is 0 Å². The summed E-state index contributed by atoms with van der Waals surface area (Å²) < 4.78 is 62.8. The summed E-state index contributed by atoms with van der Waals surface area (Å²) in [6, 6.07) is 7.61. The standard InChI is InChI=1S/C19H22F3N3O4S/c1-11(25-30(2,28)29)15-8-7-14(10-23-15)12-3-5-13(6-4-12)17(26)16(9-20)24-19(27)18(21)22/h3-8,10-11,16-18,25-26H,9H2,1-2H3,(H,24,27)/t11-,16+,17-/m0/s1. The average Bonchev–Trinajstić information content (AvgIpc) is 2.70. The minimum atomic E-state index is -3.38. The van der Waals surface area contributed by atoms with Crippen molar-refractivity contribution >= 4 is 15.9 Å². The van der Waals surface area contributed by atoms with E-state index >= 15 is 0 Å². The van der Waals surface area contributed by atoms with E-state index in [0.717, 1.165) is 6.26 Å². The minimum absolute atomic E-state index is 0.242. The molecule has 2 rings (SSSR count). The monoisotopic (exact) mass is 445 g/mol. The fraction of sp³-hybridized carbons (Fsp3) is 0.368. The molecule has 0 radical (unpaired) electrons. The molecule has 1 aromatic carbocycles. The van der Waals surface area contributed by atoms with Crippen LogP contribution in [0, 0.1) is 0 Å². The van der Waals surface area contributed by atoms with Crippen LogP contribution in [0.15, 0.2) is 42.6 Å². The SMILES string of the molecule is C[C@H](NS(C)(=O)=O)c1ccc(-c2ccc([C@H](O)[C@@H](CF)NC(=O)C(F)F)cc2)cn1. The van der Waals surface area contributed by atoms with Gasteiger partial charge in [-0.2, -0.15) is 8.78 Å². The molecule has 3 atom stereocenters. The third-order valence-corrected chi connectivity index (χ3v) is 5.06. The fourth-order valence-electron chi connectivity index (χ4n) is 2.77. The lowest BCUT2D eigenvalue weighted by Gasteiger charge is -2.22. The van der Waals surface area contributed by atoms with Gasteiger partial charge in [-0.25, -0.2) is 17.5 Å². The van der Waals surface area contributed by atoms with Crippen LogP contribution < -0.4 is 10.0 Å². The van der Waals surface area contributed by atoms with E-state index in [2.05, 4.69) is 9.71 Å². The Kier molecular flexibility index (Phi) is 7.93. The van der Waals surface area contributed by atoms with E-state index in [0.29, 0.717) is 16.8 Å². The number of sulfonamides is 1. The molecule has 0 saturated heterocycles. The molecule has 1 heterocycles. The number of hydrogen-bond acceptors (Lipinski definition) is 5. The Balaban J connectivity index is 2.12. The molecule has 1 aromatic heterocycles. The van der Waals surface area contributed by atoms with E-state index in [1.807, 2.05) is 0 Å². The zero-order valence-electron chi connectivity index (χ0n) is 16.2. The molecule has 0 aliphatic carbocycles. The van der Waals surface area contributed by atoms with Crippen LogP contribution in [0.25, 0.3) is 11.1 Å². The molecule has 1 amide bonds. The summed E-state index contributed by atoms with van der Waals surface area (Å²) in [5.41, 5.74) is 2.19. The van der Waals surface area contributed by atoms with Crippen molar-refractivity contribution in [3.63, 3.8) is 0 Å². The van der Waals surface area contributed by atoms with Crippen LogP contribution in [0.3, 0.4) is 0 Å². The van der Waals surface area contributed by atoms with Crippen LogP contribution in [-0.4, -0.2) is 49.8 Å². The first-order valence-electron chi connectivity index (χ1n) is 8.88. The highest BCUT2D eigenvalue weighted by Gasteiger charge is 2.26. The van der Waals surface area contributed by atoms with Crippen molar-refractivity contribution in [2.75, 3.05) is 12.9 Å². The summed E-state index contributed by atoms with van der Waals surface area (Å²) in [4.78, 5) is 15.3. The van der Waals surface area contributed by atoms with Crippen LogP contribution in [-0.2, 0) is 14.8 Å². The van der Waals surface area contributed by atoms with E-state index in [1.165, 1.54) is 12.1 Å². The average molecular weight is 445 g/mol. The van der Waals surface area contributed by atoms with Crippen molar-refractivity contribution in [3.8, 4) is 11.1 Å². The smallest absolute Gasteiger partial charge is 0.315 e. The van der Waals surface area contributed by atoms with Crippen molar-refractivity contribution in [2.45, 2.75) is 31.5 Å². The normalized spacial score (nSPS) is 14.9. The molecule has 0 bridgehead atoms. The summed E-state index contributed by atoms with van der Waals surface area (Å²) in [5, 5.41) is 12.0. The Hall–Kier alpha value is -2.50. The highest BCUT2D eigenvalue weighted by Crippen LogP contribution is 2.24. The van der Waals surface area contributed by atoms with Crippen LogP contribution >= 0.6 is 0 Å². The predicted octanol–water partition coefficient (Wildman–Crippen LogP) is 2.11. The maximum atomic E-state index is 13.1. The second-order valence-electron chi connectivity index (χ2n) is 6.72. The van der Waals surface area contributed by atoms with Gasteiger partial charge in [-0.1, -0.05) is 30.3 Å². The molecule has 0 fully saturated rings. The summed E-state index contributed by atoms with van der Waals surface area (Å²) >= 11 is 0. The van der Waals surface area contributed by atoms with Crippen LogP contribution in [0.5, 0.6) is 0 Å². The highest BCUT2D eigenvalue weighted by atomic mass is 32.2. The quantitative estimate of drug-likeness (QED) is 0.548. The lowest BCUT2D eigenvalue weighted by atomic mass is 9.99. The third-order valence-electron chi connectivity index (χ3n) is 4.28. The van der Waals surface area contributed by atoms with Gasteiger partial charge in [0.05, 0.1) is 24.0 Å². The summed E-state index contributed by atoms with van der Waals surface area (Å²) in [6.07, 6.45) is -2.20. The van der Waals surface area contributed by atoms with Crippen molar-refractivity contribution < 1.29 is 31.5 Å². The summed E-state index contributed by atoms with van der Waals surface area (Å²) in [6.45, 7) is 0.444. The molecular weight excluding hydrogens is 423 g/mol. The molecule has 0 spiro atoms. The molecule has 0 saturated carbocycles. The number of hydrogen-bond donors (Lipinski definition) is 3. The number of aliphatic hydroxyl groups is 1. The van der Waals surface area contributed by atoms with Crippen LogP contribution in [0.4, 0.5) is 13.2 Å². The number of carbonyl (C=O) groups excluding carboxylic acids is 1. The Morgan fingerprint density at radius 3 is 2.20 bits per heavy atom. The number of nitrogens with zero attached hydrogens (tertiary/aromatic N) is 1. The largest absolute Gasteiger partial charge is 0.386 e. The molecule has 11 heteroatoms. The zero-order valence-corrected chi connectivity index (χ0v) is 17.0. The second kappa shape index (κ2) is 10.0. The Labute approximate surface area is 172 Å². The Bertz CT molecular complexity index is 954. The number of amides is 1. The Morgan fingerprint density at radius 1 is 1.13 bits per heavy atom. The van der Waals surface area contributed by atoms with Gasteiger partial charge in [0.2, 0.25) is 10.0 Å². The van der Waals surface area contributed by atoms with Gasteiger partial charge in [-0.05, 0) is 24.1 Å². The first kappa shape index (κ1) is 23.8. The van der Waals surface area contributed by atoms with Gasteiger partial charge in [0, 0.05) is 11.8 Å². The number of pyridine rings is 1. The van der Waals surface area contributed by atoms with Gasteiger partial charge in [0.15, 0.2) is 0 Å². The van der Waals surface area contributed by atoms with E-state index < -0.39 is 47.2 Å². The number of alkyl halides is 3. The van der Waals surface area contributed by atoms with Crippen LogP contribution in [0.2, 0.25) is 0 Å². The molecular formula is C19H22F3N3O4S. The lowest BCUT2D eigenvalue weighted by molar-refractivity contribution is -0.133. The predicted molar refractivity (Wildman–Crippen MR) is 105 cm³/mol. The molecule has 30 heavy (non-hydrogen) atoms. The van der Waals surface area contributed by atoms with Gasteiger partial charge in [0.25, 0.3) is 5.91 Å². The number of aromatic nitrogens is 1. The minimum Gasteiger partial charge on any atom is -0.386 e.